The van der Waals surface area contributed by atoms with Crippen molar-refractivity contribution in [2.45, 2.75) is 59.8 Å². The Morgan fingerprint density at radius 3 is 2.53 bits per heavy atom. The predicted molar refractivity (Wildman–Crippen MR) is 85.3 cm³/mol. The molecule has 1 aliphatic rings. The summed E-state index contributed by atoms with van der Waals surface area (Å²) in [6.07, 6.45) is 8.87. The van der Waals surface area contributed by atoms with Crippen molar-refractivity contribution in [2.75, 3.05) is 26.2 Å². The summed E-state index contributed by atoms with van der Waals surface area (Å²) in [6.45, 7) is 13.8. The van der Waals surface area contributed by atoms with Crippen LogP contribution in [0, 0.1) is 11.3 Å². The zero-order valence-electron chi connectivity index (χ0n) is 13.5. The van der Waals surface area contributed by atoms with Gasteiger partial charge in [-0.3, -0.25) is 4.90 Å². The third kappa shape index (κ3) is 6.09. The largest absolute Gasteiger partial charge is 0.330 e. The highest BCUT2D eigenvalue weighted by molar-refractivity contribution is 5.14. The van der Waals surface area contributed by atoms with E-state index in [2.05, 4.69) is 38.7 Å². The molecule has 0 aromatic heterocycles. The van der Waals surface area contributed by atoms with E-state index in [4.69, 9.17) is 5.73 Å². The molecule has 2 heteroatoms. The van der Waals surface area contributed by atoms with Gasteiger partial charge in [-0.25, -0.2) is 0 Å². The number of hydrogen-bond acceptors (Lipinski definition) is 2. The Hall–Kier alpha value is -0.340. The maximum absolute atomic E-state index is 5.66. The molecule has 1 aliphatic heterocycles. The van der Waals surface area contributed by atoms with E-state index in [0.717, 1.165) is 19.0 Å². The molecule has 1 unspecified atom stereocenters. The fraction of sp³-hybridized carbons (Fsp3) is 0.882. The highest BCUT2D eigenvalue weighted by Gasteiger charge is 2.20. The van der Waals surface area contributed by atoms with Crippen molar-refractivity contribution in [3.63, 3.8) is 0 Å². The van der Waals surface area contributed by atoms with Crippen molar-refractivity contribution in [3.05, 3.63) is 11.6 Å². The summed E-state index contributed by atoms with van der Waals surface area (Å²) in [6, 6.07) is 0. The lowest BCUT2D eigenvalue weighted by Gasteiger charge is -2.32. The molecule has 19 heavy (non-hydrogen) atoms. The molecule has 0 aliphatic carbocycles. The van der Waals surface area contributed by atoms with Crippen LogP contribution >= 0.6 is 0 Å². The number of nitrogens with two attached hydrogens (primary N) is 1. The summed E-state index contributed by atoms with van der Waals surface area (Å²) in [5, 5.41) is 0. The zero-order valence-corrected chi connectivity index (χ0v) is 13.5. The standard InChI is InChI=1S/C17H34N2/c1-5-15(8-11-18)7-6-12-19-13-9-16(10-14-19)17(2,3)4/h9,15H,5-8,10-14,18H2,1-4H3. The first-order chi connectivity index (χ1) is 8.97. The van der Waals surface area contributed by atoms with Gasteiger partial charge in [0, 0.05) is 13.1 Å². The third-order valence-electron chi connectivity index (χ3n) is 4.50. The SMILES string of the molecule is CCC(CCN)CCCN1CC=C(C(C)(C)C)CC1. The molecule has 1 rings (SSSR count). The summed E-state index contributed by atoms with van der Waals surface area (Å²) >= 11 is 0. The van der Waals surface area contributed by atoms with Gasteiger partial charge in [-0.15, -0.1) is 0 Å². The molecule has 0 radical (unpaired) electrons. The predicted octanol–water partition coefficient (Wildman–Crippen LogP) is 3.82. The number of hydrogen-bond donors (Lipinski definition) is 1. The van der Waals surface area contributed by atoms with E-state index < -0.39 is 0 Å². The minimum absolute atomic E-state index is 0.362. The Balaban J connectivity index is 2.24. The molecular weight excluding hydrogens is 232 g/mol. The minimum Gasteiger partial charge on any atom is -0.330 e. The molecule has 0 spiro atoms. The van der Waals surface area contributed by atoms with E-state index in [1.807, 2.05) is 0 Å². The van der Waals surface area contributed by atoms with E-state index in [0.29, 0.717) is 5.41 Å². The van der Waals surface area contributed by atoms with Gasteiger partial charge in [0.2, 0.25) is 0 Å². The lowest BCUT2D eigenvalue weighted by atomic mass is 9.83. The topological polar surface area (TPSA) is 29.3 Å². The van der Waals surface area contributed by atoms with Crippen LogP contribution in [-0.4, -0.2) is 31.1 Å². The van der Waals surface area contributed by atoms with Crippen LogP contribution in [0.2, 0.25) is 0 Å². The average Bonchev–Trinajstić information content (AvgIpc) is 2.37. The molecule has 1 atom stereocenters. The van der Waals surface area contributed by atoms with E-state index in [9.17, 15) is 0 Å². The van der Waals surface area contributed by atoms with Gasteiger partial charge in [-0.05, 0) is 50.1 Å². The second kappa shape index (κ2) is 8.06. The van der Waals surface area contributed by atoms with Gasteiger partial charge in [0.05, 0.1) is 0 Å². The summed E-state index contributed by atoms with van der Waals surface area (Å²) in [5.74, 6) is 0.843. The van der Waals surface area contributed by atoms with Gasteiger partial charge >= 0.3 is 0 Å². The van der Waals surface area contributed by atoms with Crippen molar-refractivity contribution >= 4 is 0 Å². The highest BCUT2D eigenvalue weighted by Crippen LogP contribution is 2.30. The molecule has 0 bridgehead atoms. The first-order valence-corrected chi connectivity index (χ1v) is 8.09. The summed E-state index contributed by atoms with van der Waals surface area (Å²) in [7, 11) is 0. The van der Waals surface area contributed by atoms with Crippen LogP contribution in [0.1, 0.15) is 59.8 Å². The molecule has 0 saturated carbocycles. The Morgan fingerprint density at radius 2 is 2.05 bits per heavy atom. The van der Waals surface area contributed by atoms with Crippen LogP contribution in [0.3, 0.4) is 0 Å². The average molecular weight is 266 g/mol. The first-order valence-electron chi connectivity index (χ1n) is 8.09. The van der Waals surface area contributed by atoms with E-state index in [1.54, 1.807) is 5.57 Å². The zero-order chi connectivity index (χ0) is 14.3. The van der Waals surface area contributed by atoms with Crippen molar-refractivity contribution in [1.82, 2.24) is 4.90 Å². The summed E-state index contributed by atoms with van der Waals surface area (Å²) in [4.78, 5) is 2.60. The molecule has 0 fully saturated rings. The van der Waals surface area contributed by atoms with Crippen molar-refractivity contribution in [3.8, 4) is 0 Å². The van der Waals surface area contributed by atoms with Crippen LogP contribution in [0.15, 0.2) is 11.6 Å². The monoisotopic (exact) mass is 266 g/mol. The molecule has 0 aromatic rings. The number of nitrogens with zero attached hydrogens (tertiary/aromatic N) is 1. The summed E-state index contributed by atoms with van der Waals surface area (Å²) in [5.41, 5.74) is 7.66. The molecular formula is C17H34N2. The second-order valence-corrected chi connectivity index (χ2v) is 7.02. The van der Waals surface area contributed by atoms with Crippen LogP contribution in [0.5, 0.6) is 0 Å². The van der Waals surface area contributed by atoms with E-state index in [1.165, 1.54) is 45.2 Å². The van der Waals surface area contributed by atoms with Gasteiger partial charge in [0.1, 0.15) is 0 Å². The van der Waals surface area contributed by atoms with Gasteiger partial charge in [-0.2, -0.15) is 0 Å². The highest BCUT2D eigenvalue weighted by atomic mass is 15.1. The Bertz CT molecular complexity index is 275. The maximum atomic E-state index is 5.66. The molecule has 0 aromatic carbocycles. The van der Waals surface area contributed by atoms with Gasteiger partial charge in [0.25, 0.3) is 0 Å². The fourth-order valence-electron chi connectivity index (χ4n) is 2.99. The van der Waals surface area contributed by atoms with Crippen LogP contribution in [0.25, 0.3) is 0 Å². The van der Waals surface area contributed by atoms with E-state index >= 15 is 0 Å². The Morgan fingerprint density at radius 1 is 1.32 bits per heavy atom. The van der Waals surface area contributed by atoms with Crippen LogP contribution in [0.4, 0.5) is 0 Å². The number of rotatable bonds is 7. The lowest BCUT2D eigenvalue weighted by Crippen LogP contribution is -2.32. The smallest absolute Gasteiger partial charge is 0.0166 e. The van der Waals surface area contributed by atoms with E-state index in [-0.39, 0.29) is 0 Å². The van der Waals surface area contributed by atoms with Crippen LogP contribution < -0.4 is 5.73 Å². The first kappa shape index (κ1) is 16.7. The van der Waals surface area contributed by atoms with Gasteiger partial charge in [0.15, 0.2) is 0 Å². The van der Waals surface area contributed by atoms with Crippen LogP contribution in [-0.2, 0) is 0 Å². The fourth-order valence-corrected chi connectivity index (χ4v) is 2.99. The van der Waals surface area contributed by atoms with Gasteiger partial charge in [-0.1, -0.05) is 45.8 Å². The third-order valence-corrected chi connectivity index (χ3v) is 4.50. The lowest BCUT2D eigenvalue weighted by molar-refractivity contribution is 0.263. The summed E-state index contributed by atoms with van der Waals surface area (Å²) < 4.78 is 0. The molecule has 2 N–H and O–H groups in total. The molecule has 2 nitrogen and oxygen atoms in total. The normalized spacial score (nSPS) is 19.3. The molecule has 0 amide bonds. The molecule has 1 heterocycles. The Kier molecular flexibility index (Phi) is 7.09. The quantitative estimate of drug-likeness (QED) is 0.710. The van der Waals surface area contributed by atoms with Crippen molar-refractivity contribution < 1.29 is 0 Å². The van der Waals surface area contributed by atoms with Gasteiger partial charge < -0.3 is 5.73 Å². The minimum atomic E-state index is 0.362. The maximum Gasteiger partial charge on any atom is 0.0166 e. The Labute approximate surface area is 120 Å². The van der Waals surface area contributed by atoms with Crippen molar-refractivity contribution in [2.24, 2.45) is 17.1 Å². The second-order valence-electron chi connectivity index (χ2n) is 7.02. The van der Waals surface area contributed by atoms with Crippen molar-refractivity contribution in [1.29, 1.82) is 0 Å². The molecule has 112 valence electrons. The molecule has 0 saturated heterocycles.